The van der Waals surface area contributed by atoms with Gasteiger partial charge in [0.25, 0.3) is 0 Å². The van der Waals surface area contributed by atoms with Gasteiger partial charge in [0.05, 0.1) is 11.7 Å². The van der Waals surface area contributed by atoms with Crippen molar-refractivity contribution in [1.82, 2.24) is 5.32 Å². The molecule has 0 radical (unpaired) electrons. The second-order valence-electron chi connectivity index (χ2n) is 4.96. The van der Waals surface area contributed by atoms with Crippen LogP contribution in [0.1, 0.15) is 22.8 Å². The first-order valence-electron chi connectivity index (χ1n) is 6.95. The van der Waals surface area contributed by atoms with Crippen molar-refractivity contribution in [2.75, 3.05) is 13.7 Å². The van der Waals surface area contributed by atoms with Crippen LogP contribution < -0.4 is 5.32 Å². The molecule has 0 heterocycles. The predicted octanol–water partition coefficient (Wildman–Crippen LogP) is 4.60. The van der Waals surface area contributed by atoms with Gasteiger partial charge < -0.3 is 10.1 Å². The SMILES string of the molecule is COC(CNCc1ccccc1)c1cccc(C(F)(F)F)c1.Cl. The number of rotatable bonds is 6. The highest BCUT2D eigenvalue weighted by atomic mass is 35.5. The first-order valence-corrected chi connectivity index (χ1v) is 6.95. The topological polar surface area (TPSA) is 21.3 Å². The molecule has 2 rings (SSSR count). The third kappa shape index (κ3) is 5.86. The summed E-state index contributed by atoms with van der Waals surface area (Å²) < 4.78 is 43.6. The highest BCUT2D eigenvalue weighted by molar-refractivity contribution is 5.85. The third-order valence-corrected chi connectivity index (χ3v) is 3.37. The van der Waals surface area contributed by atoms with E-state index < -0.39 is 17.8 Å². The lowest BCUT2D eigenvalue weighted by Gasteiger charge is -2.18. The van der Waals surface area contributed by atoms with Gasteiger partial charge in [0.1, 0.15) is 0 Å². The Morgan fingerprint density at radius 2 is 1.74 bits per heavy atom. The summed E-state index contributed by atoms with van der Waals surface area (Å²) in [6, 6.07) is 15.0. The second-order valence-corrected chi connectivity index (χ2v) is 4.96. The van der Waals surface area contributed by atoms with E-state index in [0.29, 0.717) is 18.7 Å². The maximum Gasteiger partial charge on any atom is 0.416 e. The Balaban J connectivity index is 0.00000264. The van der Waals surface area contributed by atoms with Gasteiger partial charge in [-0.2, -0.15) is 13.2 Å². The van der Waals surface area contributed by atoms with Gasteiger partial charge in [-0.25, -0.2) is 0 Å². The fraction of sp³-hybridized carbons (Fsp3) is 0.294. The molecule has 0 aliphatic carbocycles. The average Bonchev–Trinajstić information content (AvgIpc) is 2.52. The number of nitrogens with one attached hydrogen (secondary N) is 1. The van der Waals surface area contributed by atoms with E-state index in [2.05, 4.69) is 5.32 Å². The summed E-state index contributed by atoms with van der Waals surface area (Å²) in [4.78, 5) is 0. The lowest BCUT2D eigenvalue weighted by Crippen LogP contribution is -2.22. The molecule has 2 nitrogen and oxygen atoms in total. The molecular weight excluding hydrogens is 327 g/mol. The minimum absolute atomic E-state index is 0. The number of methoxy groups -OCH3 is 1. The van der Waals surface area contributed by atoms with E-state index in [1.807, 2.05) is 30.3 Å². The molecule has 1 N–H and O–H groups in total. The minimum Gasteiger partial charge on any atom is -0.375 e. The van der Waals surface area contributed by atoms with Crippen molar-refractivity contribution < 1.29 is 17.9 Å². The van der Waals surface area contributed by atoms with Crippen LogP contribution in [0.25, 0.3) is 0 Å². The number of hydrogen-bond acceptors (Lipinski definition) is 2. The molecule has 2 aromatic carbocycles. The molecule has 6 heteroatoms. The van der Waals surface area contributed by atoms with E-state index in [0.717, 1.165) is 17.7 Å². The molecule has 0 spiro atoms. The van der Waals surface area contributed by atoms with Crippen molar-refractivity contribution in [3.8, 4) is 0 Å². The van der Waals surface area contributed by atoms with Crippen LogP contribution in [0.5, 0.6) is 0 Å². The normalized spacial score (nSPS) is 12.5. The summed E-state index contributed by atoms with van der Waals surface area (Å²) in [5.41, 5.74) is 0.967. The van der Waals surface area contributed by atoms with Crippen molar-refractivity contribution in [2.24, 2.45) is 0 Å². The molecule has 1 atom stereocenters. The van der Waals surface area contributed by atoms with Gasteiger partial charge in [0, 0.05) is 20.2 Å². The maximum absolute atomic E-state index is 12.8. The van der Waals surface area contributed by atoms with E-state index in [1.54, 1.807) is 6.07 Å². The first kappa shape index (κ1) is 19.5. The molecule has 0 aliphatic heterocycles. The molecule has 0 saturated heterocycles. The second kappa shape index (κ2) is 8.91. The van der Waals surface area contributed by atoms with Crippen molar-refractivity contribution in [1.29, 1.82) is 0 Å². The van der Waals surface area contributed by atoms with Crippen LogP contribution >= 0.6 is 12.4 Å². The summed E-state index contributed by atoms with van der Waals surface area (Å²) in [7, 11) is 1.50. The molecule has 23 heavy (non-hydrogen) atoms. The Hall–Kier alpha value is -1.56. The summed E-state index contributed by atoms with van der Waals surface area (Å²) in [6.07, 6.45) is -4.77. The first-order chi connectivity index (χ1) is 10.5. The Morgan fingerprint density at radius 1 is 1.04 bits per heavy atom. The molecule has 2 aromatic rings. The lowest BCUT2D eigenvalue weighted by molar-refractivity contribution is -0.137. The van der Waals surface area contributed by atoms with E-state index in [-0.39, 0.29) is 12.4 Å². The smallest absolute Gasteiger partial charge is 0.375 e. The summed E-state index contributed by atoms with van der Waals surface area (Å²) in [5, 5.41) is 3.20. The van der Waals surface area contributed by atoms with Crippen molar-refractivity contribution in [3.63, 3.8) is 0 Å². The monoisotopic (exact) mass is 345 g/mol. The van der Waals surface area contributed by atoms with Gasteiger partial charge in [-0.05, 0) is 23.3 Å². The van der Waals surface area contributed by atoms with Crippen LogP contribution in [0.3, 0.4) is 0 Å². The van der Waals surface area contributed by atoms with Crippen molar-refractivity contribution in [2.45, 2.75) is 18.8 Å². The van der Waals surface area contributed by atoms with Gasteiger partial charge in [-0.1, -0.05) is 42.5 Å². The van der Waals surface area contributed by atoms with E-state index >= 15 is 0 Å². The third-order valence-electron chi connectivity index (χ3n) is 3.37. The van der Waals surface area contributed by atoms with E-state index in [4.69, 9.17) is 4.74 Å². The van der Waals surface area contributed by atoms with Crippen LogP contribution in [0, 0.1) is 0 Å². The largest absolute Gasteiger partial charge is 0.416 e. The zero-order valence-electron chi connectivity index (χ0n) is 12.6. The molecule has 0 bridgehead atoms. The molecule has 0 amide bonds. The van der Waals surface area contributed by atoms with Crippen molar-refractivity contribution in [3.05, 3.63) is 71.3 Å². The fourth-order valence-electron chi connectivity index (χ4n) is 2.20. The number of hydrogen-bond donors (Lipinski definition) is 1. The van der Waals surface area contributed by atoms with Crippen LogP contribution in [-0.4, -0.2) is 13.7 Å². The van der Waals surface area contributed by atoms with Crippen LogP contribution in [0.2, 0.25) is 0 Å². The predicted molar refractivity (Wildman–Crippen MR) is 86.6 cm³/mol. The Labute approximate surface area is 140 Å². The number of ether oxygens (including phenoxy) is 1. The van der Waals surface area contributed by atoms with Gasteiger partial charge in [0.15, 0.2) is 0 Å². The molecule has 0 saturated carbocycles. The van der Waals surface area contributed by atoms with Gasteiger partial charge in [0.2, 0.25) is 0 Å². The molecule has 0 aromatic heterocycles. The molecule has 126 valence electrons. The summed E-state index contributed by atoms with van der Waals surface area (Å²) in [5.74, 6) is 0. The number of benzene rings is 2. The van der Waals surface area contributed by atoms with Crippen molar-refractivity contribution >= 4 is 12.4 Å². The molecule has 0 aliphatic rings. The molecule has 1 unspecified atom stereocenters. The minimum atomic E-state index is -4.34. The zero-order chi connectivity index (χ0) is 16.0. The zero-order valence-corrected chi connectivity index (χ0v) is 13.5. The van der Waals surface area contributed by atoms with Crippen LogP contribution in [0.4, 0.5) is 13.2 Å². The number of halogens is 4. The molecular formula is C17H19ClF3NO. The standard InChI is InChI=1S/C17H18F3NO.ClH/c1-22-16(12-21-11-13-6-3-2-4-7-13)14-8-5-9-15(10-14)17(18,19)20;/h2-10,16,21H,11-12H2,1H3;1H. The van der Waals surface area contributed by atoms with Gasteiger partial charge >= 0.3 is 6.18 Å². The maximum atomic E-state index is 12.8. The highest BCUT2D eigenvalue weighted by Gasteiger charge is 2.30. The summed E-state index contributed by atoms with van der Waals surface area (Å²) in [6.45, 7) is 1.08. The quantitative estimate of drug-likeness (QED) is 0.825. The summed E-state index contributed by atoms with van der Waals surface area (Å²) >= 11 is 0. The Morgan fingerprint density at radius 3 is 2.35 bits per heavy atom. The Bertz CT molecular complexity index is 590. The Kier molecular flexibility index (Phi) is 7.55. The molecule has 0 fully saturated rings. The number of alkyl halides is 3. The van der Waals surface area contributed by atoms with Crippen LogP contribution in [0.15, 0.2) is 54.6 Å². The van der Waals surface area contributed by atoms with E-state index in [1.165, 1.54) is 13.2 Å². The van der Waals surface area contributed by atoms with Crippen LogP contribution in [-0.2, 0) is 17.5 Å². The average molecular weight is 346 g/mol. The van der Waals surface area contributed by atoms with E-state index in [9.17, 15) is 13.2 Å². The fourth-order valence-corrected chi connectivity index (χ4v) is 2.20. The van der Waals surface area contributed by atoms with Gasteiger partial charge in [-0.15, -0.1) is 12.4 Å². The highest BCUT2D eigenvalue weighted by Crippen LogP contribution is 2.31. The van der Waals surface area contributed by atoms with Gasteiger partial charge in [-0.3, -0.25) is 0 Å². The lowest BCUT2D eigenvalue weighted by atomic mass is 10.1.